The van der Waals surface area contributed by atoms with Crippen molar-refractivity contribution in [2.75, 3.05) is 5.73 Å². The molecule has 76 valence electrons. The second-order valence-corrected chi connectivity index (χ2v) is 3.29. The molecule has 0 amide bonds. The Morgan fingerprint density at radius 1 is 1.13 bits per heavy atom. The number of nitrogens with two attached hydrogens (primary N) is 1. The molecule has 0 aliphatic carbocycles. The fourth-order valence-electron chi connectivity index (χ4n) is 1.60. The first-order chi connectivity index (χ1) is 7.33. The number of nitrogen functional groups attached to an aromatic ring is 1. The molecule has 1 heterocycles. The standard InChI is InChI=1S/C12H12N2O/c13-11-7-14-6-10(8-15)12(11)9-4-2-1-3-5-9/h1-7,15H,8,13H2. The van der Waals surface area contributed by atoms with E-state index in [4.69, 9.17) is 5.73 Å². The highest BCUT2D eigenvalue weighted by Crippen LogP contribution is 2.28. The van der Waals surface area contributed by atoms with E-state index in [1.54, 1.807) is 12.4 Å². The van der Waals surface area contributed by atoms with E-state index < -0.39 is 0 Å². The summed E-state index contributed by atoms with van der Waals surface area (Å²) in [5.41, 5.74) is 9.07. The van der Waals surface area contributed by atoms with Gasteiger partial charge in [-0.15, -0.1) is 0 Å². The molecule has 0 atom stereocenters. The Labute approximate surface area is 88.2 Å². The Kier molecular flexibility index (Phi) is 2.65. The Bertz CT molecular complexity index is 454. The van der Waals surface area contributed by atoms with Crippen molar-refractivity contribution >= 4 is 5.69 Å². The van der Waals surface area contributed by atoms with Crippen LogP contribution in [0.2, 0.25) is 0 Å². The average molecular weight is 200 g/mol. The molecular weight excluding hydrogens is 188 g/mol. The fourth-order valence-corrected chi connectivity index (χ4v) is 1.60. The molecule has 2 aromatic rings. The molecule has 0 fully saturated rings. The third kappa shape index (κ3) is 1.82. The van der Waals surface area contributed by atoms with E-state index in [9.17, 15) is 5.11 Å². The molecule has 0 radical (unpaired) electrons. The number of aliphatic hydroxyl groups is 1. The van der Waals surface area contributed by atoms with E-state index in [1.165, 1.54) is 0 Å². The summed E-state index contributed by atoms with van der Waals surface area (Å²) in [6.07, 6.45) is 3.24. The highest BCUT2D eigenvalue weighted by Gasteiger charge is 2.07. The van der Waals surface area contributed by atoms with E-state index in [0.717, 1.165) is 16.7 Å². The van der Waals surface area contributed by atoms with Crippen LogP contribution in [0.5, 0.6) is 0 Å². The van der Waals surface area contributed by atoms with Gasteiger partial charge in [0.1, 0.15) is 0 Å². The van der Waals surface area contributed by atoms with Crippen molar-refractivity contribution in [3.05, 3.63) is 48.3 Å². The maximum absolute atomic E-state index is 9.21. The highest BCUT2D eigenvalue weighted by atomic mass is 16.3. The van der Waals surface area contributed by atoms with E-state index in [2.05, 4.69) is 4.98 Å². The molecule has 0 unspecified atom stereocenters. The zero-order valence-corrected chi connectivity index (χ0v) is 8.22. The Hall–Kier alpha value is -1.87. The molecule has 15 heavy (non-hydrogen) atoms. The number of hydrogen-bond donors (Lipinski definition) is 2. The summed E-state index contributed by atoms with van der Waals surface area (Å²) in [4.78, 5) is 3.96. The van der Waals surface area contributed by atoms with Crippen LogP contribution in [0.3, 0.4) is 0 Å². The van der Waals surface area contributed by atoms with Gasteiger partial charge in [-0.3, -0.25) is 4.98 Å². The van der Waals surface area contributed by atoms with Crippen LogP contribution in [0.1, 0.15) is 5.56 Å². The molecule has 2 rings (SSSR count). The smallest absolute Gasteiger partial charge is 0.0703 e. The first-order valence-electron chi connectivity index (χ1n) is 4.71. The maximum atomic E-state index is 9.21. The second kappa shape index (κ2) is 4.11. The molecule has 3 N–H and O–H groups in total. The summed E-state index contributed by atoms with van der Waals surface area (Å²) >= 11 is 0. The van der Waals surface area contributed by atoms with E-state index in [0.29, 0.717) is 5.69 Å². The van der Waals surface area contributed by atoms with Crippen molar-refractivity contribution in [3.8, 4) is 11.1 Å². The molecule has 1 aromatic carbocycles. The second-order valence-electron chi connectivity index (χ2n) is 3.29. The minimum absolute atomic E-state index is 0.0533. The molecule has 0 aliphatic rings. The number of rotatable bonds is 2. The fraction of sp³-hybridized carbons (Fsp3) is 0.0833. The van der Waals surface area contributed by atoms with Gasteiger partial charge >= 0.3 is 0 Å². The molecule has 0 spiro atoms. The molecule has 1 aromatic heterocycles. The van der Waals surface area contributed by atoms with Crippen LogP contribution in [0.15, 0.2) is 42.7 Å². The SMILES string of the molecule is Nc1cncc(CO)c1-c1ccccc1. The van der Waals surface area contributed by atoms with Crippen LogP contribution >= 0.6 is 0 Å². The highest BCUT2D eigenvalue weighted by molar-refractivity contribution is 5.78. The van der Waals surface area contributed by atoms with E-state index in [1.807, 2.05) is 30.3 Å². The number of aliphatic hydroxyl groups excluding tert-OH is 1. The van der Waals surface area contributed by atoms with Gasteiger partial charge in [0.15, 0.2) is 0 Å². The summed E-state index contributed by atoms with van der Waals surface area (Å²) in [5.74, 6) is 0. The largest absolute Gasteiger partial charge is 0.397 e. The van der Waals surface area contributed by atoms with Gasteiger partial charge < -0.3 is 10.8 Å². The lowest BCUT2D eigenvalue weighted by Gasteiger charge is -2.09. The molecule has 3 heteroatoms. The minimum atomic E-state index is -0.0533. The lowest BCUT2D eigenvalue weighted by molar-refractivity contribution is 0.282. The summed E-state index contributed by atoms with van der Waals surface area (Å²) in [6, 6.07) is 9.75. The number of hydrogen-bond acceptors (Lipinski definition) is 3. The lowest BCUT2D eigenvalue weighted by atomic mass is 10.0. The number of nitrogens with zero attached hydrogens (tertiary/aromatic N) is 1. The Balaban J connectivity index is 2.61. The zero-order valence-electron chi connectivity index (χ0n) is 8.22. The zero-order chi connectivity index (χ0) is 10.7. The molecule has 0 saturated carbocycles. The van der Waals surface area contributed by atoms with Crippen LogP contribution < -0.4 is 5.73 Å². The normalized spacial score (nSPS) is 10.2. The monoisotopic (exact) mass is 200 g/mol. The van der Waals surface area contributed by atoms with Crippen LogP contribution in [0.25, 0.3) is 11.1 Å². The summed E-state index contributed by atoms with van der Waals surface area (Å²) in [6.45, 7) is -0.0533. The number of anilines is 1. The van der Waals surface area contributed by atoms with Gasteiger partial charge in [-0.05, 0) is 5.56 Å². The van der Waals surface area contributed by atoms with Crippen LogP contribution in [-0.2, 0) is 6.61 Å². The molecule has 0 aliphatic heterocycles. The van der Waals surface area contributed by atoms with Crippen molar-refractivity contribution in [3.63, 3.8) is 0 Å². The predicted molar refractivity (Wildman–Crippen MR) is 60.0 cm³/mol. The van der Waals surface area contributed by atoms with Crippen LogP contribution in [-0.4, -0.2) is 10.1 Å². The van der Waals surface area contributed by atoms with Crippen molar-refractivity contribution in [2.45, 2.75) is 6.61 Å². The van der Waals surface area contributed by atoms with Gasteiger partial charge in [0.05, 0.1) is 18.5 Å². The van der Waals surface area contributed by atoms with Crippen LogP contribution in [0, 0.1) is 0 Å². The number of aromatic nitrogens is 1. The molecule has 0 bridgehead atoms. The first-order valence-corrected chi connectivity index (χ1v) is 4.71. The summed E-state index contributed by atoms with van der Waals surface area (Å²) in [5, 5.41) is 9.21. The van der Waals surface area contributed by atoms with Crippen molar-refractivity contribution < 1.29 is 5.11 Å². The van der Waals surface area contributed by atoms with Gasteiger partial charge in [-0.2, -0.15) is 0 Å². The lowest BCUT2D eigenvalue weighted by Crippen LogP contribution is -1.97. The minimum Gasteiger partial charge on any atom is -0.397 e. The number of benzene rings is 1. The van der Waals surface area contributed by atoms with Gasteiger partial charge in [-0.25, -0.2) is 0 Å². The van der Waals surface area contributed by atoms with E-state index >= 15 is 0 Å². The van der Waals surface area contributed by atoms with Gasteiger partial charge in [-0.1, -0.05) is 30.3 Å². The topological polar surface area (TPSA) is 59.1 Å². The molecule has 3 nitrogen and oxygen atoms in total. The average Bonchev–Trinajstić information content (AvgIpc) is 2.29. The van der Waals surface area contributed by atoms with E-state index in [-0.39, 0.29) is 6.61 Å². The molecule has 0 saturated heterocycles. The predicted octanol–water partition coefficient (Wildman–Crippen LogP) is 1.82. The van der Waals surface area contributed by atoms with Crippen LogP contribution in [0.4, 0.5) is 5.69 Å². The molecular formula is C12H12N2O. The van der Waals surface area contributed by atoms with Crippen molar-refractivity contribution in [2.24, 2.45) is 0 Å². The third-order valence-electron chi connectivity index (χ3n) is 2.29. The summed E-state index contributed by atoms with van der Waals surface area (Å²) < 4.78 is 0. The van der Waals surface area contributed by atoms with Gasteiger partial charge in [0, 0.05) is 17.3 Å². The Morgan fingerprint density at radius 2 is 1.87 bits per heavy atom. The van der Waals surface area contributed by atoms with Crippen molar-refractivity contribution in [1.29, 1.82) is 0 Å². The first kappa shape index (κ1) is 9.68. The van der Waals surface area contributed by atoms with Gasteiger partial charge in [0.25, 0.3) is 0 Å². The quantitative estimate of drug-likeness (QED) is 0.777. The maximum Gasteiger partial charge on any atom is 0.0703 e. The van der Waals surface area contributed by atoms with Crippen molar-refractivity contribution in [1.82, 2.24) is 4.98 Å². The van der Waals surface area contributed by atoms with Gasteiger partial charge in [0.2, 0.25) is 0 Å². The Morgan fingerprint density at radius 3 is 2.53 bits per heavy atom. The third-order valence-corrected chi connectivity index (χ3v) is 2.29. The number of pyridine rings is 1. The summed E-state index contributed by atoms with van der Waals surface area (Å²) in [7, 11) is 0.